The summed E-state index contributed by atoms with van der Waals surface area (Å²) in [6.45, 7) is 7.54. The third-order valence-electron chi connectivity index (χ3n) is 1.54. The van der Waals surface area contributed by atoms with Crippen LogP contribution in [-0.2, 0) is 4.79 Å². The molecule has 1 N–H and O–H groups in total. The average Bonchev–Trinajstić information content (AvgIpc) is 2.01. The van der Waals surface area contributed by atoms with Gasteiger partial charge >= 0.3 is 0 Å². The van der Waals surface area contributed by atoms with Crippen LogP contribution in [0.2, 0.25) is 0 Å². The van der Waals surface area contributed by atoms with Crippen molar-refractivity contribution in [2.75, 3.05) is 0 Å². The summed E-state index contributed by atoms with van der Waals surface area (Å²) in [4.78, 5) is 11.2. The van der Waals surface area contributed by atoms with Crippen LogP contribution in [0.3, 0.4) is 0 Å². The third kappa shape index (κ3) is 4.28. The molecule has 0 rings (SSSR count). The zero-order chi connectivity index (χ0) is 10.6. The molecule has 3 nitrogen and oxygen atoms in total. The maximum absolute atomic E-state index is 11.4. The second kappa shape index (κ2) is 4.61. The molecule has 0 fully saturated rings. The number of hydrogen-bond acceptors (Lipinski definition) is 2. The first-order valence-electron chi connectivity index (χ1n) is 4.13. The van der Waals surface area contributed by atoms with Crippen molar-refractivity contribution in [2.24, 2.45) is 5.41 Å². The lowest BCUT2D eigenvalue weighted by Crippen LogP contribution is -2.42. The molecule has 0 bridgehead atoms. The zero-order valence-electron chi connectivity index (χ0n) is 8.39. The Labute approximate surface area is 87.6 Å². The molecule has 0 aliphatic rings. The maximum atomic E-state index is 11.4. The molecule has 0 saturated carbocycles. The molecule has 0 radical (unpaired) electrons. The van der Waals surface area contributed by atoms with Crippen molar-refractivity contribution in [1.82, 2.24) is 5.32 Å². The van der Waals surface area contributed by atoms with Crippen LogP contribution in [0.1, 0.15) is 27.7 Å². The van der Waals surface area contributed by atoms with Crippen molar-refractivity contribution in [3.63, 3.8) is 0 Å². The van der Waals surface area contributed by atoms with Crippen LogP contribution in [0, 0.1) is 16.7 Å². The summed E-state index contributed by atoms with van der Waals surface area (Å²) in [6.07, 6.45) is 0. The van der Waals surface area contributed by atoms with Crippen molar-refractivity contribution in [1.29, 1.82) is 5.26 Å². The number of rotatable bonds is 2. The van der Waals surface area contributed by atoms with E-state index in [1.807, 2.05) is 26.8 Å². The number of carbonyl (C=O) groups excluding carboxylic acids is 1. The molecule has 4 heteroatoms. The van der Waals surface area contributed by atoms with Gasteiger partial charge < -0.3 is 5.32 Å². The molecule has 13 heavy (non-hydrogen) atoms. The van der Waals surface area contributed by atoms with E-state index in [-0.39, 0.29) is 16.1 Å². The Hall–Kier alpha value is -0.560. The summed E-state index contributed by atoms with van der Waals surface area (Å²) < 4.78 is 0. The van der Waals surface area contributed by atoms with Crippen molar-refractivity contribution >= 4 is 21.8 Å². The van der Waals surface area contributed by atoms with E-state index in [1.54, 1.807) is 6.92 Å². The molecule has 0 aromatic heterocycles. The zero-order valence-corrected chi connectivity index (χ0v) is 9.97. The van der Waals surface area contributed by atoms with Gasteiger partial charge in [0.05, 0.1) is 10.9 Å². The summed E-state index contributed by atoms with van der Waals surface area (Å²) in [5.41, 5.74) is -0.140. The van der Waals surface area contributed by atoms with Gasteiger partial charge in [0.2, 0.25) is 5.91 Å². The number of nitriles is 1. The van der Waals surface area contributed by atoms with Crippen LogP contribution in [0.25, 0.3) is 0 Å². The number of carbonyl (C=O) groups is 1. The monoisotopic (exact) mass is 246 g/mol. The number of amides is 1. The Morgan fingerprint density at radius 2 is 2.00 bits per heavy atom. The fourth-order valence-electron chi connectivity index (χ4n) is 0.712. The topological polar surface area (TPSA) is 52.9 Å². The SMILES string of the molecule is C[C@@H](C#N)NC(=O)C(Br)C(C)(C)C. The highest BCUT2D eigenvalue weighted by Gasteiger charge is 2.29. The van der Waals surface area contributed by atoms with E-state index in [0.29, 0.717) is 0 Å². The average molecular weight is 247 g/mol. The molecule has 0 aromatic rings. The first-order chi connectivity index (χ1) is 5.79. The van der Waals surface area contributed by atoms with Gasteiger partial charge in [0.25, 0.3) is 0 Å². The Morgan fingerprint density at radius 1 is 1.54 bits per heavy atom. The van der Waals surface area contributed by atoms with E-state index < -0.39 is 6.04 Å². The molecule has 1 amide bonds. The molecular formula is C9H15BrN2O. The predicted octanol–water partition coefficient (Wildman–Crippen LogP) is 1.82. The first kappa shape index (κ1) is 12.4. The highest BCUT2D eigenvalue weighted by molar-refractivity contribution is 9.10. The number of alkyl halides is 1. The van der Waals surface area contributed by atoms with E-state index in [0.717, 1.165) is 0 Å². The van der Waals surface area contributed by atoms with Crippen molar-refractivity contribution < 1.29 is 4.79 Å². The molecule has 0 aliphatic carbocycles. The summed E-state index contributed by atoms with van der Waals surface area (Å²) in [6, 6.07) is 1.51. The summed E-state index contributed by atoms with van der Waals surface area (Å²) in [5, 5.41) is 11.1. The van der Waals surface area contributed by atoms with Crippen LogP contribution in [0.5, 0.6) is 0 Å². The van der Waals surface area contributed by atoms with E-state index in [4.69, 9.17) is 5.26 Å². The number of halogens is 1. The van der Waals surface area contributed by atoms with Gasteiger partial charge in [0.15, 0.2) is 0 Å². The van der Waals surface area contributed by atoms with Gasteiger partial charge in [-0.2, -0.15) is 5.26 Å². The lowest BCUT2D eigenvalue weighted by atomic mass is 9.91. The fourth-order valence-corrected chi connectivity index (χ4v) is 0.844. The molecule has 1 unspecified atom stereocenters. The summed E-state index contributed by atoms with van der Waals surface area (Å²) in [5.74, 6) is -0.137. The van der Waals surface area contributed by atoms with Crippen LogP contribution in [0.15, 0.2) is 0 Å². The van der Waals surface area contributed by atoms with Gasteiger partial charge in [-0.15, -0.1) is 0 Å². The van der Waals surface area contributed by atoms with Crippen molar-refractivity contribution in [2.45, 2.75) is 38.6 Å². The lowest BCUT2D eigenvalue weighted by Gasteiger charge is -2.24. The number of nitrogens with zero attached hydrogens (tertiary/aromatic N) is 1. The number of hydrogen-bond donors (Lipinski definition) is 1. The van der Waals surface area contributed by atoms with Gasteiger partial charge in [-0.25, -0.2) is 0 Å². The number of nitrogens with one attached hydrogen (secondary N) is 1. The van der Waals surface area contributed by atoms with Gasteiger partial charge in [-0.3, -0.25) is 4.79 Å². The van der Waals surface area contributed by atoms with Crippen LogP contribution in [-0.4, -0.2) is 16.8 Å². The standard InChI is InChI=1S/C9H15BrN2O/c1-6(5-11)12-8(13)7(10)9(2,3)4/h6-7H,1-4H3,(H,12,13)/t6-,7?/m0/s1. The molecular weight excluding hydrogens is 232 g/mol. The minimum atomic E-state index is -0.435. The molecule has 0 spiro atoms. The first-order valence-corrected chi connectivity index (χ1v) is 5.04. The van der Waals surface area contributed by atoms with Crippen molar-refractivity contribution in [3.05, 3.63) is 0 Å². The maximum Gasteiger partial charge on any atom is 0.235 e. The minimum Gasteiger partial charge on any atom is -0.340 e. The van der Waals surface area contributed by atoms with Crippen molar-refractivity contribution in [3.8, 4) is 6.07 Å². The predicted molar refractivity (Wildman–Crippen MR) is 55.4 cm³/mol. The second-order valence-corrected chi connectivity index (χ2v) is 5.00. The minimum absolute atomic E-state index is 0.137. The summed E-state index contributed by atoms with van der Waals surface area (Å²) >= 11 is 3.30. The van der Waals surface area contributed by atoms with Crippen LogP contribution < -0.4 is 5.32 Å². The quantitative estimate of drug-likeness (QED) is 0.757. The molecule has 0 aromatic carbocycles. The lowest BCUT2D eigenvalue weighted by molar-refractivity contribution is -0.122. The van der Waals surface area contributed by atoms with E-state index in [1.165, 1.54) is 0 Å². The Morgan fingerprint density at radius 3 is 2.31 bits per heavy atom. The highest BCUT2D eigenvalue weighted by Crippen LogP contribution is 2.25. The van der Waals surface area contributed by atoms with Gasteiger partial charge in [-0.1, -0.05) is 36.7 Å². The smallest absolute Gasteiger partial charge is 0.235 e. The van der Waals surface area contributed by atoms with E-state index in [2.05, 4.69) is 21.2 Å². The second-order valence-electron chi connectivity index (χ2n) is 4.09. The highest BCUT2D eigenvalue weighted by atomic mass is 79.9. The van der Waals surface area contributed by atoms with Crippen LogP contribution in [0.4, 0.5) is 0 Å². The van der Waals surface area contributed by atoms with Gasteiger partial charge in [0.1, 0.15) is 6.04 Å². The van der Waals surface area contributed by atoms with E-state index >= 15 is 0 Å². The summed E-state index contributed by atoms with van der Waals surface area (Å²) in [7, 11) is 0. The normalized spacial score (nSPS) is 15.7. The largest absolute Gasteiger partial charge is 0.340 e. The molecule has 0 aliphatic heterocycles. The van der Waals surface area contributed by atoms with E-state index in [9.17, 15) is 4.79 Å². The molecule has 0 saturated heterocycles. The Bertz CT molecular complexity index is 227. The Kier molecular flexibility index (Phi) is 4.41. The van der Waals surface area contributed by atoms with Gasteiger partial charge in [-0.05, 0) is 12.3 Å². The third-order valence-corrected chi connectivity index (χ3v) is 3.33. The fraction of sp³-hybridized carbons (Fsp3) is 0.778. The Balaban J connectivity index is 4.22. The van der Waals surface area contributed by atoms with Gasteiger partial charge in [0, 0.05) is 0 Å². The molecule has 74 valence electrons. The van der Waals surface area contributed by atoms with Crippen LogP contribution >= 0.6 is 15.9 Å². The molecule has 2 atom stereocenters. The molecule has 0 heterocycles.